The van der Waals surface area contributed by atoms with Gasteiger partial charge in [0.05, 0.1) is 30.9 Å². The van der Waals surface area contributed by atoms with Crippen LogP contribution in [-0.4, -0.2) is 59.8 Å². The van der Waals surface area contributed by atoms with Crippen LogP contribution < -0.4 is 0 Å². The van der Waals surface area contributed by atoms with Crippen LogP contribution in [0, 0.1) is 0 Å². The first-order valence-electron chi connectivity index (χ1n) is 9.18. The highest BCUT2D eigenvalue weighted by Crippen LogP contribution is 2.18. The number of aromatic nitrogens is 1. The van der Waals surface area contributed by atoms with E-state index in [0.29, 0.717) is 22.6 Å². The summed E-state index contributed by atoms with van der Waals surface area (Å²) in [5.74, 6) is -2.21. The van der Waals surface area contributed by atoms with Gasteiger partial charge in [0.1, 0.15) is 0 Å². The molecule has 1 aromatic carbocycles. The second-order valence-corrected chi connectivity index (χ2v) is 8.31. The molecule has 0 spiro atoms. The lowest BCUT2D eigenvalue weighted by molar-refractivity contribution is -0.197. The smallest absolute Gasteiger partial charge is 0.337 e. The number of amides is 2. The highest BCUT2D eigenvalue weighted by molar-refractivity contribution is 7.85. The van der Waals surface area contributed by atoms with E-state index in [1.165, 1.54) is 0 Å². The summed E-state index contributed by atoms with van der Waals surface area (Å²) in [5, 5.41) is 1.36. The SMILES string of the molecule is O=C(Cc1ccc2cc(CCOCCS(=O)(=O)O)cnc2c1)ON1C(=O)CCC1=O. The Morgan fingerprint density at radius 1 is 1.10 bits per heavy atom. The van der Waals surface area contributed by atoms with Gasteiger partial charge in [0.25, 0.3) is 21.9 Å². The van der Waals surface area contributed by atoms with Crippen LogP contribution in [0.1, 0.15) is 24.0 Å². The lowest BCUT2D eigenvalue weighted by Gasteiger charge is -2.12. The van der Waals surface area contributed by atoms with Crippen LogP contribution in [0.3, 0.4) is 0 Å². The minimum Gasteiger partial charge on any atom is -0.380 e. The summed E-state index contributed by atoms with van der Waals surface area (Å²) in [5.41, 5.74) is 2.16. The third-order valence-electron chi connectivity index (χ3n) is 4.37. The molecule has 0 unspecified atom stereocenters. The van der Waals surface area contributed by atoms with Gasteiger partial charge in [0.15, 0.2) is 0 Å². The average molecular weight is 436 g/mol. The van der Waals surface area contributed by atoms with Crippen LogP contribution in [0.2, 0.25) is 0 Å². The molecule has 2 aromatic rings. The molecule has 0 saturated carbocycles. The number of pyridine rings is 1. The van der Waals surface area contributed by atoms with Gasteiger partial charge in [0, 0.05) is 24.4 Å². The molecule has 0 atom stereocenters. The summed E-state index contributed by atoms with van der Waals surface area (Å²) in [7, 11) is -4.03. The summed E-state index contributed by atoms with van der Waals surface area (Å²) in [4.78, 5) is 44.3. The van der Waals surface area contributed by atoms with E-state index in [1.807, 2.05) is 6.07 Å². The molecule has 1 aromatic heterocycles. The number of carbonyl (C=O) groups is 3. The molecule has 30 heavy (non-hydrogen) atoms. The molecule has 1 aliphatic heterocycles. The van der Waals surface area contributed by atoms with E-state index in [-0.39, 0.29) is 32.5 Å². The quantitative estimate of drug-likeness (QED) is 0.344. The standard InChI is InChI=1S/C19H20N2O8S/c22-17-3-4-18(23)21(17)29-19(24)11-13-1-2-15-9-14(12-20-16(15)10-13)5-6-28-7-8-30(25,26)27/h1-2,9-10,12H,3-8,11H2,(H,25,26,27). The van der Waals surface area contributed by atoms with Crippen molar-refractivity contribution in [3.8, 4) is 0 Å². The zero-order valence-corrected chi connectivity index (χ0v) is 16.8. The highest BCUT2D eigenvalue weighted by atomic mass is 32.2. The summed E-state index contributed by atoms with van der Waals surface area (Å²) in [6.45, 7) is 0.189. The lowest BCUT2D eigenvalue weighted by Crippen LogP contribution is -2.32. The topological polar surface area (TPSA) is 140 Å². The average Bonchev–Trinajstić information content (AvgIpc) is 2.99. The van der Waals surface area contributed by atoms with Crippen molar-refractivity contribution in [1.82, 2.24) is 10.0 Å². The van der Waals surface area contributed by atoms with Gasteiger partial charge in [-0.3, -0.25) is 19.1 Å². The Balaban J connectivity index is 1.55. The molecule has 2 amide bonds. The maximum atomic E-state index is 12.0. The van der Waals surface area contributed by atoms with Crippen LogP contribution in [0.4, 0.5) is 0 Å². The fourth-order valence-corrected chi connectivity index (χ4v) is 3.20. The van der Waals surface area contributed by atoms with Crippen LogP contribution in [0.15, 0.2) is 30.5 Å². The molecule has 0 aliphatic carbocycles. The van der Waals surface area contributed by atoms with Crippen LogP contribution in [0.25, 0.3) is 10.9 Å². The fraction of sp³-hybridized carbons (Fsp3) is 0.368. The summed E-state index contributed by atoms with van der Waals surface area (Å²) < 4.78 is 35.1. The van der Waals surface area contributed by atoms with Crippen molar-refractivity contribution < 1.29 is 36.9 Å². The summed E-state index contributed by atoms with van der Waals surface area (Å²) >= 11 is 0. The summed E-state index contributed by atoms with van der Waals surface area (Å²) in [6, 6.07) is 7.14. The Bertz CT molecular complexity index is 1070. The Labute approximate surface area is 172 Å². The van der Waals surface area contributed by atoms with Crippen molar-refractivity contribution in [2.45, 2.75) is 25.7 Å². The van der Waals surface area contributed by atoms with Gasteiger partial charge >= 0.3 is 5.97 Å². The molecule has 11 heteroatoms. The van der Waals surface area contributed by atoms with Gasteiger partial charge in [0.2, 0.25) is 0 Å². The number of hydroxylamine groups is 2. The largest absolute Gasteiger partial charge is 0.380 e. The highest BCUT2D eigenvalue weighted by Gasteiger charge is 2.32. The second-order valence-electron chi connectivity index (χ2n) is 6.74. The number of ether oxygens (including phenoxy) is 1. The third-order valence-corrected chi connectivity index (χ3v) is 5.06. The van der Waals surface area contributed by atoms with Crippen molar-refractivity contribution in [2.24, 2.45) is 0 Å². The van der Waals surface area contributed by atoms with Crippen molar-refractivity contribution in [3.05, 3.63) is 41.6 Å². The zero-order valence-electron chi connectivity index (χ0n) is 15.9. The van der Waals surface area contributed by atoms with Gasteiger partial charge in [-0.05, 0) is 29.7 Å². The van der Waals surface area contributed by atoms with E-state index < -0.39 is 33.7 Å². The van der Waals surface area contributed by atoms with Gasteiger partial charge in [-0.2, -0.15) is 8.42 Å². The number of benzene rings is 1. The molecule has 1 saturated heterocycles. The molecule has 0 bridgehead atoms. The first-order valence-corrected chi connectivity index (χ1v) is 10.8. The van der Waals surface area contributed by atoms with Crippen LogP contribution >= 0.6 is 0 Å². The number of fused-ring (bicyclic) bond motifs is 1. The third kappa shape index (κ3) is 6.05. The Morgan fingerprint density at radius 3 is 2.53 bits per heavy atom. The van der Waals surface area contributed by atoms with E-state index in [0.717, 1.165) is 10.9 Å². The van der Waals surface area contributed by atoms with Crippen LogP contribution in [0.5, 0.6) is 0 Å². The first-order chi connectivity index (χ1) is 14.2. The maximum Gasteiger partial charge on any atom is 0.337 e. The van der Waals surface area contributed by atoms with Crippen molar-refractivity contribution in [3.63, 3.8) is 0 Å². The van der Waals surface area contributed by atoms with Gasteiger partial charge in [-0.1, -0.05) is 12.1 Å². The monoisotopic (exact) mass is 436 g/mol. The number of hydrogen-bond donors (Lipinski definition) is 1. The molecule has 0 radical (unpaired) electrons. The maximum absolute atomic E-state index is 12.0. The van der Waals surface area contributed by atoms with E-state index in [4.69, 9.17) is 14.1 Å². The minimum atomic E-state index is -4.03. The Kier molecular flexibility index (Phi) is 6.75. The Morgan fingerprint density at radius 2 is 1.83 bits per heavy atom. The van der Waals surface area contributed by atoms with E-state index in [1.54, 1.807) is 24.4 Å². The number of nitrogens with zero attached hydrogens (tertiary/aromatic N) is 2. The predicted octanol–water partition coefficient (Wildman–Crippen LogP) is 0.831. The number of rotatable bonds is 9. The van der Waals surface area contributed by atoms with Crippen molar-refractivity contribution in [2.75, 3.05) is 19.0 Å². The van der Waals surface area contributed by atoms with Gasteiger partial charge in [-0.25, -0.2) is 4.79 Å². The minimum absolute atomic E-state index is 0.0416. The molecule has 3 rings (SSSR count). The van der Waals surface area contributed by atoms with E-state index in [9.17, 15) is 22.8 Å². The zero-order chi connectivity index (χ0) is 21.7. The summed E-state index contributed by atoms with van der Waals surface area (Å²) in [6.07, 6.45) is 2.14. The van der Waals surface area contributed by atoms with Gasteiger partial charge < -0.3 is 9.57 Å². The van der Waals surface area contributed by atoms with E-state index in [2.05, 4.69) is 4.98 Å². The molecular formula is C19H20N2O8S. The molecule has 160 valence electrons. The lowest BCUT2D eigenvalue weighted by atomic mass is 10.1. The number of carbonyl (C=O) groups excluding carboxylic acids is 3. The number of hydrogen-bond acceptors (Lipinski definition) is 8. The molecule has 10 nitrogen and oxygen atoms in total. The molecule has 1 fully saturated rings. The fourth-order valence-electron chi connectivity index (χ4n) is 2.87. The molecule has 2 heterocycles. The first kappa shape index (κ1) is 21.8. The molecule has 1 aliphatic rings. The predicted molar refractivity (Wildman–Crippen MR) is 104 cm³/mol. The molecular weight excluding hydrogens is 416 g/mol. The van der Waals surface area contributed by atoms with Crippen LogP contribution in [-0.2, 0) is 46.9 Å². The normalized spacial score (nSPS) is 14.5. The van der Waals surface area contributed by atoms with E-state index >= 15 is 0 Å². The molecule has 1 N–H and O–H groups in total. The Hall–Kier alpha value is -2.89. The van der Waals surface area contributed by atoms with Gasteiger partial charge in [-0.15, -0.1) is 5.06 Å². The van der Waals surface area contributed by atoms with Crippen molar-refractivity contribution >= 4 is 38.8 Å². The number of imide groups is 1. The van der Waals surface area contributed by atoms with Crippen molar-refractivity contribution in [1.29, 1.82) is 0 Å². The second kappa shape index (κ2) is 9.28.